The van der Waals surface area contributed by atoms with Crippen molar-refractivity contribution in [2.45, 2.75) is 32.7 Å². The van der Waals surface area contributed by atoms with Crippen LogP contribution in [0.15, 0.2) is 42.5 Å². The topological polar surface area (TPSA) is 99.0 Å². The zero-order chi connectivity index (χ0) is 20.5. The fourth-order valence-corrected chi connectivity index (χ4v) is 3.10. The molecule has 0 saturated heterocycles. The average Bonchev–Trinajstić information content (AvgIpc) is 3.22. The molecule has 0 fully saturated rings. The van der Waals surface area contributed by atoms with E-state index in [4.69, 9.17) is 4.74 Å². The third kappa shape index (κ3) is 3.73. The maximum Gasteiger partial charge on any atom is 0.262 e. The fraction of sp³-hybridized carbons (Fsp3) is 0.286. The molecule has 0 aliphatic carbocycles. The van der Waals surface area contributed by atoms with Crippen LogP contribution in [0.1, 0.15) is 48.7 Å². The molecule has 3 aromatic rings. The molecule has 1 aliphatic heterocycles. The van der Waals surface area contributed by atoms with Gasteiger partial charge in [-0.05, 0) is 41.8 Å². The Morgan fingerprint density at radius 3 is 2.62 bits per heavy atom. The molecule has 1 unspecified atom stereocenters. The van der Waals surface area contributed by atoms with Crippen LogP contribution in [-0.4, -0.2) is 38.5 Å². The first kappa shape index (κ1) is 18.8. The minimum absolute atomic E-state index is 0.0273. The zero-order valence-electron chi connectivity index (χ0n) is 16.4. The van der Waals surface area contributed by atoms with E-state index in [1.54, 1.807) is 25.1 Å². The lowest BCUT2D eigenvalue weighted by atomic mass is 10.0. The second-order valence-corrected chi connectivity index (χ2v) is 7.30. The molecule has 1 aromatic heterocycles. The Morgan fingerprint density at radius 1 is 1.14 bits per heavy atom. The molecule has 0 spiro atoms. The molecule has 2 aromatic carbocycles. The third-order valence-corrected chi connectivity index (χ3v) is 4.89. The third-order valence-electron chi connectivity index (χ3n) is 4.89. The number of amides is 1. The summed E-state index contributed by atoms with van der Waals surface area (Å²) in [4.78, 5) is 25.7. The fourth-order valence-electron chi connectivity index (χ4n) is 3.10. The van der Waals surface area contributed by atoms with Gasteiger partial charge in [0.25, 0.3) is 5.91 Å². The number of anilines is 1. The Balaban J connectivity index is 1.54. The van der Waals surface area contributed by atoms with Gasteiger partial charge in [-0.25, -0.2) is 0 Å². The van der Waals surface area contributed by atoms with Crippen LogP contribution in [0.3, 0.4) is 0 Å². The van der Waals surface area contributed by atoms with Gasteiger partial charge in [-0.2, -0.15) is 4.80 Å². The van der Waals surface area contributed by atoms with E-state index in [0.717, 1.165) is 5.56 Å². The quantitative estimate of drug-likeness (QED) is 0.671. The van der Waals surface area contributed by atoms with Crippen molar-refractivity contribution in [1.29, 1.82) is 0 Å². The number of benzene rings is 2. The Labute approximate surface area is 167 Å². The summed E-state index contributed by atoms with van der Waals surface area (Å²) in [5.41, 5.74) is 2.99. The molecule has 1 atom stereocenters. The molecule has 4 rings (SSSR count). The van der Waals surface area contributed by atoms with Gasteiger partial charge in [0.15, 0.2) is 12.4 Å². The normalized spacial score (nSPS) is 14.1. The lowest BCUT2D eigenvalue weighted by Gasteiger charge is -2.18. The number of fused-ring (bicyclic) bond motifs is 1. The zero-order valence-corrected chi connectivity index (χ0v) is 16.4. The summed E-state index contributed by atoms with van der Waals surface area (Å²) in [5, 5.41) is 15.2. The van der Waals surface area contributed by atoms with E-state index >= 15 is 0 Å². The van der Waals surface area contributed by atoms with Crippen LogP contribution >= 0.6 is 0 Å². The summed E-state index contributed by atoms with van der Waals surface area (Å²) >= 11 is 0. The summed E-state index contributed by atoms with van der Waals surface area (Å²) in [6.07, 6.45) is 0. The molecular formula is C21H21N5O3. The lowest BCUT2D eigenvalue weighted by Crippen LogP contribution is -2.26. The van der Waals surface area contributed by atoms with Crippen LogP contribution in [-0.2, 0) is 4.79 Å². The molecule has 29 heavy (non-hydrogen) atoms. The molecule has 2 heterocycles. The SMILES string of the molecule is CC(C)c1ccc(-c2nnn(C(C)C(=O)c3ccc4c(c3)NC(=O)CO4)n2)cc1. The van der Waals surface area contributed by atoms with Crippen molar-refractivity contribution in [3.63, 3.8) is 0 Å². The van der Waals surface area contributed by atoms with Crippen molar-refractivity contribution in [2.75, 3.05) is 11.9 Å². The molecule has 8 heteroatoms. The van der Waals surface area contributed by atoms with Gasteiger partial charge in [0.1, 0.15) is 11.8 Å². The molecule has 0 bridgehead atoms. The van der Waals surface area contributed by atoms with E-state index < -0.39 is 6.04 Å². The van der Waals surface area contributed by atoms with Gasteiger partial charge in [-0.3, -0.25) is 9.59 Å². The highest BCUT2D eigenvalue weighted by Crippen LogP contribution is 2.29. The van der Waals surface area contributed by atoms with Crippen molar-refractivity contribution >= 4 is 17.4 Å². The number of nitrogens with one attached hydrogen (secondary N) is 1. The molecule has 148 valence electrons. The van der Waals surface area contributed by atoms with Crippen molar-refractivity contribution in [2.24, 2.45) is 0 Å². The van der Waals surface area contributed by atoms with Gasteiger partial charge in [0.05, 0.1) is 5.69 Å². The standard InChI is InChI=1S/C21H21N5O3/c1-12(2)14-4-6-15(7-5-14)21-23-25-26(24-21)13(3)20(28)16-8-9-18-17(10-16)22-19(27)11-29-18/h4-10,12-13H,11H2,1-3H3,(H,22,27). The summed E-state index contributed by atoms with van der Waals surface area (Å²) in [7, 11) is 0. The molecule has 0 radical (unpaired) electrons. The number of ether oxygens (including phenoxy) is 1. The van der Waals surface area contributed by atoms with E-state index in [0.29, 0.717) is 28.7 Å². The molecule has 1 N–H and O–H groups in total. The number of carbonyl (C=O) groups is 2. The Hall–Kier alpha value is -3.55. The van der Waals surface area contributed by atoms with Gasteiger partial charge in [-0.1, -0.05) is 38.1 Å². The van der Waals surface area contributed by atoms with E-state index in [1.165, 1.54) is 10.4 Å². The minimum Gasteiger partial charge on any atom is -0.482 e. The van der Waals surface area contributed by atoms with Gasteiger partial charge in [0.2, 0.25) is 5.82 Å². The Morgan fingerprint density at radius 2 is 1.90 bits per heavy atom. The molecule has 1 aliphatic rings. The molecule has 8 nitrogen and oxygen atoms in total. The van der Waals surface area contributed by atoms with Crippen LogP contribution in [0.4, 0.5) is 5.69 Å². The first-order valence-corrected chi connectivity index (χ1v) is 9.43. The van der Waals surface area contributed by atoms with Crippen LogP contribution in [0.2, 0.25) is 0 Å². The first-order chi connectivity index (χ1) is 13.9. The molecular weight excluding hydrogens is 370 g/mol. The summed E-state index contributed by atoms with van der Waals surface area (Å²) in [5.74, 6) is 1.01. The largest absolute Gasteiger partial charge is 0.482 e. The number of hydrogen-bond acceptors (Lipinski definition) is 6. The maximum atomic E-state index is 12.9. The second kappa shape index (κ2) is 7.46. The van der Waals surface area contributed by atoms with Gasteiger partial charge in [-0.15, -0.1) is 10.2 Å². The number of hydrogen-bond donors (Lipinski definition) is 1. The Kier molecular flexibility index (Phi) is 4.84. The van der Waals surface area contributed by atoms with E-state index in [2.05, 4.69) is 34.6 Å². The van der Waals surface area contributed by atoms with Gasteiger partial charge < -0.3 is 10.1 Å². The predicted molar refractivity (Wildman–Crippen MR) is 107 cm³/mol. The first-order valence-electron chi connectivity index (χ1n) is 9.43. The molecule has 0 saturated carbocycles. The van der Waals surface area contributed by atoms with Crippen molar-refractivity contribution in [3.8, 4) is 17.1 Å². The van der Waals surface area contributed by atoms with E-state index in [-0.39, 0.29) is 18.3 Å². The van der Waals surface area contributed by atoms with Gasteiger partial charge >= 0.3 is 0 Å². The predicted octanol–water partition coefficient (Wildman–Crippen LogP) is 3.24. The smallest absolute Gasteiger partial charge is 0.262 e. The van der Waals surface area contributed by atoms with Crippen molar-refractivity contribution in [3.05, 3.63) is 53.6 Å². The Bertz CT molecular complexity index is 1070. The van der Waals surface area contributed by atoms with E-state index in [9.17, 15) is 9.59 Å². The summed E-state index contributed by atoms with van der Waals surface area (Å²) in [6.45, 7) is 5.95. The lowest BCUT2D eigenvalue weighted by molar-refractivity contribution is -0.118. The summed E-state index contributed by atoms with van der Waals surface area (Å²) < 4.78 is 5.33. The van der Waals surface area contributed by atoms with Crippen LogP contribution in [0, 0.1) is 0 Å². The number of ketones is 1. The van der Waals surface area contributed by atoms with Crippen LogP contribution in [0.5, 0.6) is 5.75 Å². The minimum atomic E-state index is -0.649. The summed E-state index contributed by atoms with van der Waals surface area (Å²) in [6, 6.07) is 12.3. The number of aromatic nitrogens is 4. The highest BCUT2D eigenvalue weighted by Gasteiger charge is 2.23. The van der Waals surface area contributed by atoms with Crippen molar-refractivity contribution in [1.82, 2.24) is 20.2 Å². The number of nitrogens with zero attached hydrogens (tertiary/aromatic N) is 4. The maximum absolute atomic E-state index is 12.9. The highest BCUT2D eigenvalue weighted by molar-refractivity contribution is 6.02. The monoisotopic (exact) mass is 391 g/mol. The van der Waals surface area contributed by atoms with Gasteiger partial charge in [0, 0.05) is 11.1 Å². The second-order valence-electron chi connectivity index (χ2n) is 7.30. The molecule has 1 amide bonds. The van der Waals surface area contributed by atoms with E-state index in [1.807, 2.05) is 24.3 Å². The number of carbonyl (C=O) groups excluding carboxylic acids is 2. The van der Waals surface area contributed by atoms with Crippen LogP contribution < -0.4 is 10.1 Å². The van der Waals surface area contributed by atoms with Crippen LogP contribution in [0.25, 0.3) is 11.4 Å². The van der Waals surface area contributed by atoms with Crippen molar-refractivity contribution < 1.29 is 14.3 Å². The number of tetrazole rings is 1. The number of Topliss-reactive ketones (excluding diaryl/α,β-unsaturated/α-hetero) is 1. The average molecular weight is 391 g/mol. The highest BCUT2D eigenvalue weighted by atomic mass is 16.5. The number of rotatable bonds is 5.